The van der Waals surface area contributed by atoms with Crippen molar-refractivity contribution in [1.29, 1.82) is 0 Å². The van der Waals surface area contributed by atoms with Crippen LogP contribution in [0.4, 0.5) is 21.0 Å². The van der Waals surface area contributed by atoms with Crippen LogP contribution in [0, 0.1) is 12.7 Å². The second-order valence-electron chi connectivity index (χ2n) is 6.28. The number of aromatic nitrogens is 3. The second kappa shape index (κ2) is 8.05. The largest absolute Gasteiger partial charge is 0.340 e. The Morgan fingerprint density at radius 3 is 2.70 bits per heavy atom. The van der Waals surface area contributed by atoms with Crippen molar-refractivity contribution >= 4 is 49.6 Å². The van der Waals surface area contributed by atoms with Gasteiger partial charge in [0, 0.05) is 28.4 Å². The molecular weight excluding hydrogens is 449 g/mol. The molecule has 0 saturated carbocycles. The van der Waals surface area contributed by atoms with E-state index in [9.17, 15) is 12.8 Å². The number of hydrogen-bond donors (Lipinski definition) is 2. The van der Waals surface area contributed by atoms with E-state index in [1.54, 1.807) is 34.3 Å². The summed E-state index contributed by atoms with van der Waals surface area (Å²) in [4.78, 5) is 3.38. The lowest BCUT2D eigenvalue weighted by Crippen LogP contribution is -2.14. The van der Waals surface area contributed by atoms with Gasteiger partial charge in [-0.05, 0) is 43.3 Å². The Labute approximate surface area is 181 Å². The van der Waals surface area contributed by atoms with Crippen molar-refractivity contribution in [3.8, 4) is 5.69 Å². The van der Waals surface area contributed by atoms with Gasteiger partial charge in [0.15, 0.2) is 5.13 Å². The van der Waals surface area contributed by atoms with Gasteiger partial charge < -0.3 is 5.32 Å². The molecule has 154 valence electrons. The van der Waals surface area contributed by atoms with Gasteiger partial charge in [-0.3, -0.25) is 4.72 Å². The van der Waals surface area contributed by atoms with Gasteiger partial charge in [-0.25, -0.2) is 22.5 Å². The zero-order chi connectivity index (χ0) is 21.3. The summed E-state index contributed by atoms with van der Waals surface area (Å²) in [7, 11) is -4.09. The molecule has 0 fully saturated rings. The minimum atomic E-state index is -4.09. The molecule has 0 bridgehead atoms. The van der Waals surface area contributed by atoms with Crippen LogP contribution in [0.2, 0.25) is 5.02 Å². The first kappa shape index (κ1) is 20.3. The maximum atomic E-state index is 14.6. The van der Waals surface area contributed by atoms with Gasteiger partial charge in [0.1, 0.15) is 16.5 Å². The van der Waals surface area contributed by atoms with Crippen LogP contribution in [0.5, 0.6) is 0 Å². The molecule has 2 aromatic heterocycles. The Bertz CT molecular complexity index is 1310. The van der Waals surface area contributed by atoms with Crippen molar-refractivity contribution in [2.75, 3.05) is 10.0 Å². The molecule has 4 aromatic rings. The Morgan fingerprint density at radius 2 is 2.00 bits per heavy atom. The third-order valence-electron chi connectivity index (χ3n) is 4.03. The number of anilines is 3. The van der Waals surface area contributed by atoms with E-state index >= 15 is 0 Å². The predicted molar refractivity (Wildman–Crippen MR) is 116 cm³/mol. The first-order valence-corrected chi connectivity index (χ1v) is 11.4. The van der Waals surface area contributed by atoms with E-state index in [1.165, 1.54) is 18.3 Å². The zero-order valence-corrected chi connectivity index (χ0v) is 17.9. The quantitative estimate of drug-likeness (QED) is 0.421. The van der Waals surface area contributed by atoms with E-state index in [0.29, 0.717) is 16.5 Å². The van der Waals surface area contributed by atoms with Crippen molar-refractivity contribution in [2.24, 2.45) is 0 Å². The molecule has 0 radical (unpaired) electrons. The molecular formula is C19H15ClFN5O2S2. The van der Waals surface area contributed by atoms with Crippen molar-refractivity contribution in [2.45, 2.75) is 11.8 Å². The normalized spacial score (nSPS) is 11.4. The minimum Gasteiger partial charge on any atom is -0.340 e. The van der Waals surface area contributed by atoms with Gasteiger partial charge >= 0.3 is 0 Å². The van der Waals surface area contributed by atoms with Crippen LogP contribution in [-0.2, 0) is 10.0 Å². The Morgan fingerprint density at radius 1 is 1.17 bits per heavy atom. The summed E-state index contributed by atoms with van der Waals surface area (Å²) in [6.45, 7) is 1.83. The molecule has 11 heteroatoms. The predicted octanol–water partition coefficient (Wildman–Crippen LogP) is 4.97. The van der Waals surface area contributed by atoms with Crippen LogP contribution in [0.1, 0.15) is 5.69 Å². The fourth-order valence-corrected chi connectivity index (χ4v) is 4.82. The van der Waals surface area contributed by atoms with Crippen LogP contribution in [0.25, 0.3) is 5.69 Å². The third kappa shape index (κ3) is 4.30. The molecule has 2 aromatic carbocycles. The SMILES string of the molecule is Cc1cc(Nc2ccc(S(=O)(=O)Nc3nccs3)c(F)c2)n(-c2cccc(Cl)c2)n1. The maximum absolute atomic E-state index is 14.6. The lowest BCUT2D eigenvalue weighted by molar-refractivity contribution is 0.570. The first-order valence-electron chi connectivity index (χ1n) is 8.63. The lowest BCUT2D eigenvalue weighted by Gasteiger charge is -2.12. The Balaban J connectivity index is 1.62. The minimum absolute atomic E-state index is 0.164. The first-order chi connectivity index (χ1) is 14.3. The number of halogens is 2. The highest BCUT2D eigenvalue weighted by Gasteiger charge is 2.21. The summed E-state index contributed by atoms with van der Waals surface area (Å²) in [6.07, 6.45) is 1.46. The van der Waals surface area contributed by atoms with Crippen molar-refractivity contribution < 1.29 is 12.8 Å². The molecule has 0 amide bonds. The number of nitrogens with zero attached hydrogens (tertiary/aromatic N) is 3. The molecule has 0 saturated heterocycles. The molecule has 4 rings (SSSR count). The Hall–Kier alpha value is -2.95. The molecule has 0 spiro atoms. The standard InChI is InChI=1S/C19H15ClFN5O2S2/c1-12-9-18(26(24-12)15-4-2-3-13(20)10-15)23-14-5-6-17(16(21)11-14)30(27,28)25-19-22-7-8-29-19/h2-11,23H,1H3,(H,22,25). The van der Waals surface area contributed by atoms with Crippen LogP contribution in [0.15, 0.2) is 65.0 Å². The van der Waals surface area contributed by atoms with Crippen molar-refractivity contribution in [1.82, 2.24) is 14.8 Å². The van der Waals surface area contributed by atoms with Crippen molar-refractivity contribution in [3.05, 3.63) is 76.6 Å². The average molecular weight is 464 g/mol. The fourth-order valence-electron chi connectivity index (χ4n) is 2.78. The van der Waals surface area contributed by atoms with E-state index in [0.717, 1.165) is 28.8 Å². The summed E-state index contributed by atoms with van der Waals surface area (Å²) < 4.78 is 43.4. The van der Waals surface area contributed by atoms with Crippen molar-refractivity contribution in [3.63, 3.8) is 0 Å². The number of sulfonamides is 1. The number of benzene rings is 2. The van der Waals surface area contributed by atoms with Gasteiger partial charge in [-0.1, -0.05) is 17.7 Å². The smallest absolute Gasteiger partial charge is 0.266 e. The van der Waals surface area contributed by atoms with E-state index in [-0.39, 0.29) is 5.13 Å². The molecule has 2 N–H and O–H groups in total. The molecule has 0 unspecified atom stereocenters. The van der Waals surface area contributed by atoms with Crippen LogP contribution in [-0.4, -0.2) is 23.2 Å². The summed E-state index contributed by atoms with van der Waals surface area (Å²) in [5.41, 5.74) is 1.83. The fraction of sp³-hybridized carbons (Fsp3) is 0.0526. The van der Waals surface area contributed by atoms with Gasteiger partial charge in [0.2, 0.25) is 0 Å². The zero-order valence-electron chi connectivity index (χ0n) is 15.5. The number of hydrogen-bond acceptors (Lipinski definition) is 6. The topological polar surface area (TPSA) is 88.9 Å². The van der Waals surface area contributed by atoms with E-state index in [4.69, 9.17) is 11.6 Å². The number of aryl methyl sites for hydroxylation is 1. The molecule has 30 heavy (non-hydrogen) atoms. The Kier molecular flexibility index (Phi) is 5.46. The molecule has 0 aliphatic carbocycles. The number of thiazole rings is 1. The summed E-state index contributed by atoms with van der Waals surface area (Å²) in [6, 6.07) is 12.7. The highest BCUT2D eigenvalue weighted by atomic mass is 35.5. The van der Waals surface area contributed by atoms with Crippen LogP contribution < -0.4 is 10.0 Å². The summed E-state index contributed by atoms with van der Waals surface area (Å²) in [5.74, 6) is -0.319. The molecule has 0 aliphatic heterocycles. The molecule has 7 nitrogen and oxygen atoms in total. The monoisotopic (exact) mass is 463 g/mol. The van der Waals surface area contributed by atoms with Gasteiger partial charge in [-0.15, -0.1) is 11.3 Å². The number of rotatable bonds is 6. The molecule has 0 atom stereocenters. The van der Waals surface area contributed by atoms with Crippen LogP contribution in [0.3, 0.4) is 0 Å². The van der Waals surface area contributed by atoms with E-state index in [2.05, 4.69) is 20.1 Å². The highest BCUT2D eigenvalue weighted by molar-refractivity contribution is 7.93. The second-order valence-corrected chi connectivity index (χ2v) is 9.26. The highest BCUT2D eigenvalue weighted by Crippen LogP contribution is 2.26. The molecule has 0 aliphatic rings. The summed E-state index contributed by atoms with van der Waals surface area (Å²) >= 11 is 7.17. The summed E-state index contributed by atoms with van der Waals surface area (Å²) in [5, 5.41) is 9.83. The number of nitrogens with one attached hydrogen (secondary N) is 2. The van der Waals surface area contributed by atoms with E-state index < -0.39 is 20.7 Å². The third-order valence-corrected chi connectivity index (χ3v) is 6.46. The average Bonchev–Trinajstić information content (AvgIpc) is 3.30. The van der Waals surface area contributed by atoms with Gasteiger partial charge in [0.05, 0.1) is 11.4 Å². The van der Waals surface area contributed by atoms with Gasteiger partial charge in [0.25, 0.3) is 10.0 Å². The maximum Gasteiger partial charge on any atom is 0.266 e. The lowest BCUT2D eigenvalue weighted by atomic mass is 10.3. The molecule has 2 heterocycles. The van der Waals surface area contributed by atoms with Gasteiger partial charge in [-0.2, -0.15) is 5.10 Å². The van der Waals surface area contributed by atoms with Crippen LogP contribution >= 0.6 is 22.9 Å². The van der Waals surface area contributed by atoms with E-state index in [1.807, 2.05) is 13.0 Å².